The van der Waals surface area contributed by atoms with E-state index in [1.165, 1.54) is 11.3 Å². The topological polar surface area (TPSA) is 17.8 Å². The Hall–Kier alpha value is -0.310. The second-order valence-electron chi connectivity index (χ2n) is 3.82. The Morgan fingerprint density at radius 1 is 1.58 bits per heavy atom. The highest BCUT2D eigenvalue weighted by Gasteiger charge is 2.24. The zero-order valence-corrected chi connectivity index (χ0v) is 9.64. The van der Waals surface area contributed by atoms with E-state index in [2.05, 4.69) is 41.8 Å². The monoisotopic (exact) mass is 230 g/mol. The summed E-state index contributed by atoms with van der Waals surface area (Å²) in [5.74, 6) is 0. The molecule has 0 aliphatic rings. The Morgan fingerprint density at radius 3 is 2.50 bits per heavy atom. The van der Waals surface area contributed by atoms with Crippen molar-refractivity contribution in [3.8, 4) is 0 Å². The first-order valence-electron chi connectivity index (χ1n) is 4.04. The van der Waals surface area contributed by atoms with Gasteiger partial charge in [0.1, 0.15) is 0 Å². The van der Waals surface area contributed by atoms with E-state index in [4.69, 9.17) is 0 Å². The number of rotatable bonds is 2. The van der Waals surface area contributed by atoms with Gasteiger partial charge in [0.25, 0.3) is 0 Å². The lowest BCUT2D eigenvalue weighted by molar-refractivity contribution is 0.531. The van der Waals surface area contributed by atoms with Crippen LogP contribution in [0.1, 0.15) is 25.1 Å². The number of nitrogens with zero attached hydrogens (tertiary/aromatic N) is 2. The maximum absolute atomic E-state index is 4.23. The quantitative estimate of drug-likeness (QED) is 0.714. The summed E-state index contributed by atoms with van der Waals surface area (Å²) in [6, 6.07) is 0. The van der Waals surface area contributed by atoms with Crippen molar-refractivity contribution in [2.45, 2.75) is 26.2 Å². The summed E-state index contributed by atoms with van der Waals surface area (Å²) in [6.45, 7) is 6.53. The normalized spacial score (nSPS) is 12.1. The van der Waals surface area contributed by atoms with E-state index in [1.54, 1.807) is 0 Å². The summed E-state index contributed by atoms with van der Waals surface area (Å²) in [7, 11) is 1.99. The van der Waals surface area contributed by atoms with Crippen LogP contribution in [-0.4, -0.2) is 15.1 Å². The van der Waals surface area contributed by atoms with Gasteiger partial charge in [-0.1, -0.05) is 29.8 Å². The summed E-state index contributed by atoms with van der Waals surface area (Å²) >= 11 is 3.52. The molecular formula is C9H15BrN2. The fourth-order valence-electron chi connectivity index (χ4n) is 1.58. The van der Waals surface area contributed by atoms with E-state index in [0.717, 1.165) is 5.33 Å². The van der Waals surface area contributed by atoms with E-state index in [0.29, 0.717) is 0 Å². The summed E-state index contributed by atoms with van der Waals surface area (Å²) in [5, 5.41) is 5.18. The van der Waals surface area contributed by atoms with Crippen LogP contribution in [0.25, 0.3) is 0 Å². The highest BCUT2D eigenvalue weighted by atomic mass is 79.9. The molecular weight excluding hydrogens is 216 g/mol. The molecule has 0 N–H and O–H groups in total. The number of hydrogen-bond acceptors (Lipinski definition) is 1. The second-order valence-corrected chi connectivity index (χ2v) is 4.38. The molecule has 2 nitrogen and oxygen atoms in total. The van der Waals surface area contributed by atoms with Gasteiger partial charge in [0.05, 0.1) is 6.20 Å². The van der Waals surface area contributed by atoms with Crippen molar-refractivity contribution in [1.82, 2.24) is 9.78 Å². The molecule has 0 bridgehead atoms. The molecule has 0 atom stereocenters. The number of aromatic nitrogens is 2. The first kappa shape index (κ1) is 9.78. The summed E-state index contributed by atoms with van der Waals surface area (Å²) in [6.07, 6.45) is 1.92. The lowest BCUT2D eigenvalue weighted by atomic mass is 9.90. The summed E-state index contributed by atoms with van der Waals surface area (Å²) in [5.41, 5.74) is 2.73. The molecule has 3 heteroatoms. The molecule has 0 saturated heterocycles. The molecule has 12 heavy (non-hydrogen) atoms. The average molecular weight is 231 g/mol. The van der Waals surface area contributed by atoms with Gasteiger partial charge in [-0.3, -0.25) is 4.68 Å². The van der Waals surface area contributed by atoms with Crippen molar-refractivity contribution >= 4 is 15.9 Å². The SMILES string of the molecule is Cc1cnn(C)c1C(C)(C)CBr. The van der Waals surface area contributed by atoms with E-state index in [1.807, 2.05) is 17.9 Å². The number of alkyl halides is 1. The average Bonchev–Trinajstić information content (AvgIpc) is 2.31. The highest BCUT2D eigenvalue weighted by molar-refractivity contribution is 9.09. The number of hydrogen-bond donors (Lipinski definition) is 0. The molecule has 0 aromatic carbocycles. The van der Waals surface area contributed by atoms with Crippen molar-refractivity contribution < 1.29 is 0 Å². The van der Waals surface area contributed by atoms with Crippen molar-refractivity contribution in [2.24, 2.45) is 7.05 Å². The van der Waals surface area contributed by atoms with E-state index < -0.39 is 0 Å². The van der Waals surface area contributed by atoms with Gasteiger partial charge in [-0.25, -0.2) is 0 Å². The Morgan fingerprint density at radius 2 is 2.17 bits per heavy atom. The van der Waals surface area contributed by atoms with Gasteiger partial charge < -0.3 is 0 Å². The van der Waals surface area contributed by atoms with Crippen LogP contribution in [0.3, 0.4) is 0 Å². The zero-order chi connectivity index (χ0) is 9.35. The Balaban J connectivity index is 3.17. The molecule has 0 saturated carbocycles. The lowest BCUT2D eigenvalue weighted by Crippen LogP contribution is -2.23. The first-order valence-corrected chi connectivity index (χ1v) is 5.16. The van der Waals surface area contributed by atoms with Crippen molar-refractivity contribution in [1.29, 1.82) is 0 Å². The molecule has 1 heterocycles. The molecule has 1 aromatic heterocycles. The van der Waals surface area contributed by atoms with Crippen LogP contribution < -0.4 is 0 Å². The van der Waals surface area contributed by atoms with Gasteiger partial charge in [0, 0.05) is 23.5 Å². The van der Waals surface area contributed by atoms with Gasteiger partial charge in [0.15, 0.2) is 0 Å². The minimum Gasteiger partial charge on any atom is -0.272 e. The van der Waals surface area contributed by atoms with Crippen molar-refractivity contribution in [2.75, 3.05) is 5.33 Å². The van der Waals surface area contributed by atoms with E-state index in [9.17, 15) is 0 Å². The van der Waals surface area contributed by atoms with Crippen LogP contribution in [0.15, 0.2) is 6.20 Å². The summed E-state index contributed by atoms with van der Waals surface area (Å²) in [4.78, 5) is 0. The molecule has 1 aromatic rings. The van der Waals surface area contributed by atoms with Crippen LogP contribution in [-0.2, 0) is 12.5 Å². The van der Waals surface area contributed by atoms with Crippen LogP contribution in [0, 0.1) is 6.92 Å². The predicted octanol–water partition coefficient (Wildman–Crippen LogP) is 2.40. The van der Waals surface area contributed by atoms with Crippen molar-refractivity contribution in [3.63, 3.8) is 0 Å². The molecule has 0 fully saturated rings. The molecule has 0 radical (unpaired) electrons. The molecule has 0 amide bonds. The molecule has 0 spiro atoms. The molecule has 0 aliphatic heterocycles. The van der Waals surface area contributed by atoms with Crippen molar-refractivity contribution in [3.05, 3.63) is 17.5 Å². The fourth-order valence-corrected chi connectivity index (χ4v) is 1.85. The first-order chi connectivity index (χ1) is 5.49. The maximum Gasteiger partial charge on any atom is 0.0521 e. The number of halogens is 1. The molecule has 0 unspecified atom stereocenters. The maximum atomic E-state index is 4.23. The highest BCUT2D eigenvalue weighted by Crippen LogP contribution is 2.27. The molecule has 1 rings (SSSR count). The van der Waals surface area contributed by atoms with Gasteiger partial charge in [-0.05, 0) is 12.5 Å². The largest absolute Gasteiger partial charge is 0.272 e. The van der Waals surface area contributed by atoms with E-state index >= 15 is 0 Å². The van der Waals surface area contributed by atoms with Gasteiger partial charge >= 0.3 is 0 Å². The van der Waals surface area contributed by atoms with Crippen LogP contribution in [0.5, 0.6) is 0 Å². The smallest absolute Gasteiger partial charge is 0.0521 e. The lowest BCUT2D eigenvalue weighted by Gasteiger charge is -2.23. The Labute approximate surface area is 82.1 Å². The third-order valence-electron chi connectivity index (χ3n) is 2.10. The third-order valence-corrected chi connectivity index (χ3v) is 3.50. The number of aryl methyl sites for hydroxylation is 2. The van der Waals surface area contributed by atoms with Gasteiger partial charge in [-0.15, -0.1) is 0 Å². The molecule has 68 valence electrons. The molecule has 0 aliphatic carbocycles. The van der Waals surface area contributed by atoms with Crippen LogP contribution in [0.2, 0.25) is 0 Å². The third kappa shape index (κ3) is 1.56. The predicted molar refractivity (Wildman–Crippen MR) is 54.8 cm³/mol. The van der Waals surface area contributed by atoms with Crippen LogP contribution >= 0.6 is 15.9 Å². The Bertz CT molecular complexity index is 257. The summed E-state index contributed by atoms with van der Waals surface area (Å²) < 4.78 is 1.95. The zero-order valence-electron chi connectivity index (χ0n) is 8.06. The van der Waals surface area contributed by atoms with E-state index in [-0.39, 0.29) is 5.41 Å². The van der Waals surface area contributed by atoms with Crippen LogP contribution in [0.4, 0.5) is 0 Å². The minimum atomic E-state index is 0.162. The minimum absolute atomic E-state index is 0.162. The standard InChI is InChI=1S/C9H15BrN2/c1-7-5-11-12(4)8(7)9(2,3)6-10/h5H,6H2,1-4H3. The fraction of sp³-hybridized carbons (Fsp3) is 0.667. The van der Waals surface area contributed by atoms with Gasteiger partial charge in [-0.2, -0.15) is 5.10 Å². The van der Waals surface area contributed by atoms with Gasteiger partial charge in [0.2, 0.25) is 0 Å². The Kier molecular flexibility index (Phi) is 2.61. The second kappa shape index (κ2) is 3.21.